The van der Waals surface area contributed by atoms with Crippen molar-refractivity contribution < 1.29 is 19.8 Å². The number of rotatable bonds is 18. The van der Waals surface area contributed by atoms with E-state index in [0.717, 1.165) is 44.9 Å². The van der Waals surface area contributed by atoms with E-state index >= 15 is 0 Å². The summed E-state index contributed by atoms with van der Waals surface area (Å²) in [5, 5.41) is 20.3. The van der Waals surface area contributed by atoms with Gasteiger partial charge in [-0.2, -0.15) is 0 Å². The molecule has 0 spiro atoms. The van der Waals surface area contributed by atoms with Gasteiger partial charge in [0.15, 0.2) is 0 Å². The van der Waals surface area contributed by atoms with Crippen LogP contribution < -0.4 is 0 Å². The zero-order valence-corrected chi connectivity index (χ0v) is 19.9. The van der Waals surface area contributed by atoms with Gasteiger partial charge in [-0.3, -0.25) is 9.59 Å². The first-order chi connectivity index (χ1) is 14.5. The lowest BCUT2D eigenvalue weighted by Gasteiger charge is -2.48. The van der Waals surface area contributed by atoms with Crippen LogP contribution in [-0.4, -0.2) is 22.2 Å². The quantitative estimate of drug-likeness (QED) is 0.219. The molecular formula is C26H48O4. The van der Waals surface area contributed by atoms with Crippen molar-refractivity contribution in [3.8, 4) is 0 Å². The molecule has 2 unspecified atom stereocenters. The van der Waals surface area contributed by atoms with E-state index in [2.05, 4.69) is 6.92 Å². The first-order valence-corrected chi connectivity index (χ1v) is 12.9. The van der Waals surface area contributed by atoms with Crippen LogP contribution >= 0.6 is 0 Å². The maximum atomic E-state index is 12.4. The van der Waals surface area contributed by atoms with Gasteiger partial charge in [0.25, 0.3) is 0 Å². The molecule has 1 saturated carbocycles. The van der Waals surface area contributed by atoms with Crippen LogP contribution in [0.25, 0.3) is 0 Å². The highest BCUT2D eigenvalue weighted by molar-refractivity contribution is 5.87. The molecule has 0 heterocycles. The van der Waals surface area contributed by atoms with Crippen LogP contribution in [-0.2, 0) is 9.59 Å². The van der Waals surface area contributed by atoms with Crippen LogP contribution in [0.2, 0.25) is 0 Å². The Labute approximate surface area is 185 Å². The van der Waals surface area contributed by atoms with Crippen molar-refractivity contribution in [3.05, 3.63) is 0 Å². The van der Waals surface area contributed by atoms with Crippen molar-refractivity contribution in [2.45, 2.75) is 142 Å². The average Bonchev–Trinajstić information content (AvgIpc) is 2.73. The second-order valence-corrected chi connectivity index (χ2v) is 9.72. The van der Waals surface area contributed by atoms with Crippen LogP contribution in [0, 0.1) is 10.8 Å². The van der Waals surface area contributed by atoms with Gasteiger partial charge in [-0.15, -0.1) is 0 Å². The number of hydrogen-bond acceptors (Lipinski definition) is 2. The topological polar surface area (TPSA) is 74.6 Å². The Kier molecular flexibility index (Phi) is 13.4. The van der Waals surface area contributed by atoms with Gasteiger partial charge < -0.3 is 10.2 Å². The Hall–Kier alpha value is -1.06. The first kappa shape index (κ1) is 27.0. The van der Waals surface area contributed by atoms with E-state index in [1.807, 2.05) is 6.92 Å². The van der Waals surface area contributed by atoms with E-state index in [1.54, 1.807) is 0 Å². The minimum atomic E-state index is -1.08. The van der Waals surface area contributed by atoms with Crippen LogP contribution in [0.4, 0.5) is 0 Å². The SMILES string of the molecule is CCCCCCCCCCCCCCC1(C(=O)O)CCCCC1(CCCC)C(=O)O. The number of unbranched alkanes of at least 4 members (excludes halogenated alkanes) is 12. The number of carboxylic acids is 2. The minimum Gasteiger partial charge on any atom is -0.481 e. The van der Waals surface area contributed by atoms with Gasteiger partial charge in [0.05, 0.1) is 10.8 Å². The van der Waals surface area contributed by atoms with Crippen LogP contribution in [0.3, 0.4) is 0 Å². The van der Waals surface area contributed by atoms with Crippen LogP contribution in [0.5, 0.6) is 0 Å². The predicted octanol–water partition coefficient (Wildman–Crippen LogP) is 7.98. The Morgan fingerprint density at radius 1 is 0.567 bits per heavy atom. The van der Waals surface area contributed by atoms with Crippen LogP contribution in [0.1, 0.15) is 142 Å². The maximum absolute atomic E-state index is 12.4. The Morgan fingerprint density at radius 2 is 0.900 bits per heavy atom. The van der Waals surface area contributed by atoms with Crippen molar-refractivity contribution in [3.63, 3.8) is 0 Å². The Morgan fingerprint density at radius 3 is 1.27 bits per heavy atom. The second kappa shape index (κ2) is 14.9. The molecule has 0 saturated heterocycles. The normalized spacial score (nSPS) is 24.1. The molecule has 0 aromatic heterocycles. The van der Waals surface area contributed by atoms with Gasteiger partial charge in [-0.25, -0.2) is 0 Å². The molecule has 1 aliphatic rings. The second-order valence-electron chi connectivity index (χ2n) is 9.72. The van der Waals surface area contributed by atoms with E-state index in [9.17, 15) is 19.8 Å². The number of aliphatic carboxylic acids is 2. The Balaban J connectivity index is 2.45. The van der Waals surface area contributed by atoms with Gasteiger partial charge in [0, 0.05) is 0 Å². The minimum absolute atomic E-state index is 0.503. The summed E-state index contributed by atoms with van der Waals surface area (Å²) in [6.07, 6.45) is 20.3. The van der Waals surface area contributed by atoms with Crippen LogP contribution in [0.15, 0.2) is 0 Å². The molecule has 0 aromatic carbocycles. The molecule has 30 heavy (non-hydrogen) atoms. The molecule has 176 valence electrons. The summed E-state index contributed by atoms with van der Waals surface area (Å²) in [6, 6.07) is 0. The summed E-state index contributed by atoms with van der Waals surface area (Å²) in [6.45, 7) is 4.30. The van der Waals surface area contributed by atoms with E-state index in [0.29, 0.717) is 25.7 Å². The predicted molar refractivity (Wildman–Crippen MR) is 124 cm³/mol. The van der Waals surface area contributed by atoms with Gasteiger partial charge in [-0.05, 0) is 25.7 Å². The lowest BCUT2D eigenvalue weighted by Crippen LogP contribution is -2.54. The van der Waals surface area contributed by atoms with Crippen molar-refractivity contribution in [1.29, 1.82) is 0 Å². The van der Waals surface area contributed by atoms with Gasteiger partial charge in [0.1, 0.15) is 0 Å². The van der Waals surface area contributed by atoms with Gasteiger partial charge in [0.2, 0.25) is 0 Å². The summed E-state index contributed by atoms with van der Waals surface area (Å²) in [5.74, 6) is -1.75. The number of carboxylic acid groups (broad SMARTS) is 2. The molecule has 1 fully saturated rings. The first-order valence-electron chi connectivity index (χ1n) is 12.9. The molecular weight excluding hydrogens is 376 g/mol. The van der Waals surface area contributed by atoms with Crippen molar-refractivity contribution in [2.75, 3.05) is 0 Å². The molecule has 4 heteroatoms. The number of hydrogen-bond donors (Lipinski definition) is 2. The molecule has 2 N–H and O–H groups in total. The molecule has 1 rings (SSSR count). The third-order valence-corrected chi connectivity index (χ3v) is 7.61. The fraction of sp³-hybridized carbons (Fsp3) is 0.923. The molecule has 0 amide bonds. The fourth-order valence-electron chi connectivity index (χ4n) is 5.64. The highest BCUT2D eigenvalue weighted by Gasteiger charge is 2.61. The molecule has 4 nitrogen and oxygen atoms in total. The molecule has 0 bridgehead atoms. The standard InChI is InChI=1S/C26H48O4/c1-3-5-7-8-9-10-11-12-13-14-15-16-20-26(24(29)30)22-18-17-21-25(26,23(27)28)19-6-4-2/h3-22H2,1-2H3,(H,27,28)(H,29,30). The molecule has 1 aliphatic carbocycles. The number of carbonyl (C=O) groups is 2. The van der Waals surface area contributed by atoms with E-state index in [4.69, 9.17) is 0 Å². The molecule has 0 aromatic rings. The summed E-state index contributed by atoms with van der Waals surface area (Å²) < 4.78 is 0. The monoisotopic (exact) mass is 424 g/mol. The van der Waals surface area contributed by atoms with Crippen molar-refractivity contribution >= 4 is 11.9 Å². The largest absolute Gasteiger partial charge is 0.481 e. The Bertz CT molecular complexity index is 489. The highest BCUT2D eigenvalue weighted by atomic mass is 16.4. The van der Waals surface area contributed by atoms with Gasteiger partial charge >= 0.3 is 11.9 Å². The van der Waals surface area contributed by atoms with E-state index < -0.39 is 22.8 Å². The van der Waals surface area contributed by atoms with Gasteiger partial charge in [-0.1, -0.05) is 117 Å². The van der Waals surface area contributed by atoms with Crippen molar-refractivity contribution in [1.82, 2.24) is 0 Å². The third-order valence-electron chi connectivity index (χ3n) is 7.61. The summed E-state index contributed by atoms with van der Waals surface area (Å²) in [7, 11) is 0. The summed E-state index contributed by atoms with van der Waals surface area (Å²) in [4.78, 5) is 24.8. The fourth-order valence-corrected chi connectivity index (χ4v) is 5.64. The molecule has 0 radical (unpaired) electrons. The van der Waals surface area contributed by atoms with Crippen molar-refractivity contribution in [2.24, 2.45) is 10.8 Å². The van der Waals surface area contributed by atoms with E-state index in [-0.39, 0.29) is 0 Å². The molecule has 0 aliphatic heterocycles. The zero-order valence-electron chi connectivity index (χ0n) is 19.9. The summed E-state index contributed by atoms with van der Waals surface area (Å²) >= 11 is 0. The third kappa shape index (κ3) is 7.57. The lowest BCUT2D eigenvalue weighted by molar-refractivity contribution is -0.182. The zero-order chi connectivity index (χ0) is 22.3. The maximum Gasteiger partial charge on any atom is 0.310 e. The highest BCUT2D eigenvalue weighted by Crippen LogP contribution is 2.56. The summed E-state index contributed by atoms with van der Waals surface area (Å²) in [5.41, 5.74) is -2.16. The molecule has 2 atom stereocenters. The smallest absolute Gasteiger partial charge is 0.310 e. The lowest BCUT2D eigenvalue weighted by atomic mass is 9.52. The average molecular weight is 425 g/mol. The van der Waals surface area contributed by atoms with E-state index in [1.165, 1.54) is 57.8 Å².